The molecule has 1 radical (unpaired) electrons. The molecule has 1 rings (SSSR count). The van der Waals surface area contributed by atoms with Crippen LogP contribution in [0.2, 0.25) is 0 Å². The van der Waals surface area contributed by atoms with Gasteiger partial charge in [-0.25, -0.2) is 0 Å². The summed E-state index contributed by atoms with van der Waals surface area (Å²) < 4.78 is 0. The van der Waals surface area contributed by atoms with Crippen LogP contribution in [-0.4, -0.2) is 37.6 Å². The van der Waals surface area contributed by atoms with Crippen LogP contribution in [0.25, 0.3) is 0 Å². The summed E-state index contributed by atoms with van der Waals surface area (Å²) in [6.07, 6.45) is 1.04. The molecule has 2 nitrogen and oxygen atoms in total. The van der Waals surface area contributed by atoms with E-state index in [4.69, 9.17) is 0 Å². The van der Waals surface area contributed by atoms with Gasteiger partial charge < -0.3 is 10.2 Å². The zero-order chi connectivity index (χ0) is 6.53. The Labute approximate surface area is 57.2 Å². The van der Waals surface area contributed by atoms with Crippen molar-refractivity contribution >= 4 is 0 Å². The van der Waals surface area contributed by atoms with E-state index >= 15 is 0 Å². The van der Waals surface area contributed by atoms with Gasteiger partial charge in [-0.15, -0.1) is 0 Å². The lowest BCUT2D eigenvalue weighted by atomic mass is 10.3. The summed E-state index contributed by atoms with van der Waals surface area (Å²) in [5.74, 6) is 0. The number of hydrogen-bond donors (Lipinski definition) is 1. The maximum atomic E-state index is 3.82. The maximum absolute atomic E-state index is 3.82. The largest absolute Gasteiger partial charge is 0.314 e. The molecule has 2 heteroatoms. The van der Waals surface area contributed by atoms with E-state index in [0.29, 0.717) is 0 Å². The Morgan fingerprint density at radius 2 is 2.00 bits per heavy atom. The highest BCUT2D eigenvalue weighted by Crippen LogP contribution is 1.92. The summed E-state index contributed by atoms with van der Waals surface area (Å²) in [4.78, 5) is 2.45. The van der Waals surface area contributed by atoms with Crippen LogP contribution in [0.15, 0.2) is 0 Å². The summed E-state index contributed by atoms with van der Waals surface area (Å²) in [5, 5.41) is 3.31. The third-order valence-corrected chi connectivity index (χ3v) is 1.68. The average Bonchev–Trinajstić information content (AvgIpc) is 1.91. The Hall–Kier alpha value is -0.0800. The van der Waals surface area contributed by atoms with Gasteiger partial charge in [0.2, 0.25) is 0 Å². The molecule has 1 aliphatic heterocycles. The van der Waals surface area contributed by atoms with Crippen LogP contribution in [0.3, 0.4) is 0 Å². The van der Waals surface area contributed by atoms with Gasteiger partial charge in [0, 0.05) is 26.2 Å². The first kappa shape index (κ1) is 7.03. The highest BCUT2D eigenvalue weighted by Gasteiger charge is 2.06. The molecule has 1 heterocycles. The van der Waals surface area contributed by atoms with Crippen LogP contribution < -0.4 is 5.32 Å². The lowest BCUT2D eigenvalue weighted by Crippen LogP contribution is -2.43. The smallest absolute Gasteiger partial charge is 0.0107 e. The molecule has 1 fully saturated rings. The van der Waals surface area contributed by atoms with Gasteiger partial charge in [-0.05, 0) is 13.0 Å². The lowest BCUT2D eigenvalue weighted by molar-refractivity contribution is 0.245. The number of nitrogens with zero attached hydrogens (tertiary/aromatic N) is 1. The minimum absolute atomic E-state index is 1.04. The zero-order valence-electron chi connectivity index (χ0n) is 5.90. The van der Waals surface area contributed by atoms with Crippen molar-refractivity contribution in [3.05, 3.63) is 6.92 Å². The minimum atomic E-state index is 1.04. The first-order valence-corrected chi connectivity index (χ1v) is 3.66. The molecular formula is C7H15N2. The predicted molar refractivity (Wildman–Crippen MR) is 39.3 cm³/mol. The fourth-order valence-electron chi connectivity index (χ4n) is 1.16. The first-order chi connectivity index (χ1) is 4.43. The molecule has 9 heavy (non-hydrogen) atoms. The van der Waals surface area contributed by atoms with Crippen molar-refractivity contribution in [2.24, 2.45) is 0 Å². The van der Waals surface area contributed by atoms with E-state index < -0.39 is 0 Å². The van der Waals surface area contributed by atoms with E-state index in [1.165, 1.54) is 19.6 Å². The third kappa shape index (κ3) is 2.33. The number of rotatable bonds is 2. The van der Waals surface area contributed by atoms with Crippen LogP contribution >= 0.6 is 0 Å². The number of nitrogens with one attached hydrogen (secondary N) is 1. The van der Waals surface area contributed by atoms with Gasteiger partial charge in [-0.1, -0.05) is 6.92 Å². The van der Waals surface area contributed by atoms with Crippen LogP contribution in [-0.2, 0) is 0 Å². The Morgan fingerprint density at radius 3 is 2.56 bits per heavy atom. The normalized spacial score (nSPS) is 22.3. The lowest BCUT2D eigenvalue weighted by Gasteiger charge is -2.26. The van der Waals surface area contributed by atoms with E-state index in [0.717, 1.165) is 19.5 Å². The van der Waals surface area contributed by atoms with Gasteiger partial charge in [0.25, 0.3) is 0 Å². The van der Waals surface area contributed by atoms with Crippen molar-refractivity contribution in [1.82, 2.24) is 10.2 Å². The Balaban J connectivity index is 2.08. The first-order valence-electron chi connectivity index (χ1n) is 3.66. The summed E-state index contributed by atoms with van der Waals surface area (Å²) in [6.45, 7) is 9.70. The van der Waals surface area contributed by atoms with Crippen LogP contribution in [0.4, 0.5) is 0 Å². The van der Waals surface area contributed by atoms with Gasteiger partial charge >= 0.3 is 0 Å². The van der Waals surface area contributed by atoms with E-state index in [1.807, 2.05) is 0 Å². The molecule has 1 N–H and O–H groups in total. The molecule has 0 atom stereocenters. The van der Waals surface area contributed by atoms with Crippen LogP contribution in [0, 0.1) is 6.92 Å². The predicted octanol–water partition coefficient (Wildman–Crippen LogP) is 0.116. The highest BCUT2D eigenvalue weighted by molar-refractivity contribution is 4.67. The summed E-state index contributed by atoms with van der Waals surface area (Å²) in [6, 6.07) is 0. The second-order valence-corrected chi connectivity index (χ2v) is 2.45. The molecule has 1 saturated heterocycles. The third-order valence-electron chi connectivity index (χ3n) is 1.68. The van der Waals surface area contributed by atoms with Gasteiger partial charge in [0.15, 0.2) is 0 Å². The zero-order valence-corrected chi connectivity index (χ0v) is 5.90. The van der Waals surface area contributed by atoms with Gasteiger partial charge in [0.1, 0.15) is 0 Å². The van der Waals surface area contributed by atoms with Crippen molar-refractivity contribution in [3.63, 3.8) is 0 Å². The molecule has 0 aromatic rings. The molecule has 0 aromatic carbocycles. The van der Waals surface area contributed by atoms with Crippen molar-refractivity contribution in [2.45, 2.75) is 6.42 Å². The minimum Gasteiger partial charge on any atom is -0.314 e. The van der Waals surface area contributed by atoms with E-state index in [9.17, 15) is 0 Å². The van der Waals surface area contributed by atoms with Crippen molar-refractivity contribution in [3.8, 4) is 0 Å². The topological polar surface area (TPSA) is 15.3 Å². The maximum Gasteiger partial charge on any atom is 0.0107 e. The van der Waals surface area contributed by atoms with E-state index in [1.54, 1.807) is 0 Å². The summed E-state index contributed by atoms with van der Waals surface area (Å²) >= 11 is 0. The van der Waals surface area contributed by atoms with Crippen molar-refractivity contribution < 1.29 is 0 Å². The molecule has 0 saturated carbocycles. The molecule has 0 aliphatic carbocycles. The van der Waals surface area contributed by atoms with Crippen LogP contribution in [0.5, 0.6) is 0 Å². The van der Waals surface area contributed by atoms with Gasteiger partial charge in [-0.2, -0.15) is 0 Å². The molecule has 0 aromatic heterocycles. The second kappa shape index (κ2) is 3.85. The average molecular weight is 127 g/mol. The number of hydrogen-bond acceptors (Lipinski definition) is 2. The van der Waals surface area contributed by atoms with Crippen molar-refractivity contribution in [2.75, 3.05) is 32.7 Å². The molecule has 0 bridgehead atoms. The Morgan fingerprint density at radius 1 is 1.33 bits per heavy atom. The Kier molecular flexibility index (Phi) is 3.01. The highest BCUT2D eigenvalue weighted by atomic mass is 15.2. The molecule has 1 aliphatic rings. The molecule has 0 spiro atoms. The number of piperazine rings is 1. The molecule has 0 amide bonds. The van der Waals surface area contributed by atoms with E-state index in [2.05, 4.69) is 17.1 Å². The second-order valence-electron chi connectivity index (χ2n) is 2.45. The van der Waals surface area contributed by atoms with Gasteiger partial charge in [-0.3, -0.25) is 0 Å². The quantitative estimate of drug-likeness (QED) is 0.566. The molecule has 0 unspecified atom stereocenters. The Bertz CT molecular complexity index is 64.6. The standard InChI is InChI=1S/C7H15N2/c1-2-5-9-6-3-8-4-7-9/h8H,1-7H2. The fourth-order valence-corrected chi connectivity index (χ4v) is 1.16. The van der Waals surface area contributed by atoms with Gasteiger partial charge in [0.05, 0.1) is 0 Å². The summed E-state index contributed by atoms with van der Waals surface area (Å²) in [7, 11) is 0. The summed E-state index contributed by atoms with van der Waals surface area (Å²) in [5.41, 5.74) is 0. The fraction of sp³-hybridized carbons (Fsp3) is 0.857. The van der Waals surface area contributed by atoms with Crippen LogP contribution in [0.1, 0.15) is 6.42 Å². The van der Waals surface area contributed by atoms with E-state index in [-0.39, 0.29) is 0 Å². The SMILES string of the molecule is [CH2]CCN1CCNCC1. The molecular weight excluding hydrogens is 112 g/mol. The van der Waals surface area contributed by atoms with Crippen molar-refractivity contribution in [1.29, 1.82) is 0 Å². The monoisotopic (exact) mass is 127 g/mol. The molecule has 53 valence electrons.